The Hall–Kier alpha value is -1.20. The number of hydrogen-bond acceptors (Lipinski definition) is 4. The first kappa shape index (κ1) is 13.2. The molecule has 0 atom stereocenters. The summed E-state index contributed by atoms with van der Waals surface area (Å²) < 4.78 is 5.14. The topological polar surface area (TPSA) is 60.2 Å². The minimum absolute atomic E-state index is 0.382. The van der Waals surface area contributed by atoms with E-state index >= 15 is 0 Å². The molecule has 5 heteroatoms. The number of hydrogen-bond donors (Lipinski definition) is 2. The summed E-state index contributed by atoms with van der Waals surface area (Å²) in [5.74, 6) is 0.874. The molecule has 0 saturated heterocycles. The number of anilines is 1. The average Bonchev–Trinajstić information content (AvgIpc) is 3.15. The second-order valence-corrected chi connectivity index (χ2v) is 5.33. The summed E-state index contributed by atoms with van der Waals surface area (Å²) in [4.78, 5) is 4.68. The zero-order valence-electron chi connectivity index (χ0n) is 10.6. The summed E-state index contributed by atoms with van der Waals surface area (Å²) in [6, 6.07) is 3.81. The fraction of sp³-hybridized carbons (Fsp3) is 0.538. The van der Waals surface area contributed by atoms with Crippen LogP contribution in [0.15, 0.2) is 18.3 Å². The molecule has 0 aromatic carbocycles. The number of nitrogens with two attached hydrogens (primary N) is 1. The molecule has 1 aliphatic carbocycles. The van der Waals surface area contributed by atoms with Gasteiger partial charge >= 0.3 is 0 Å². The number of thiocarbonyl (C=S) groups is 1. The first-order valence-corrected chi connectivity index (χ1v) is 6.55. The Bertz CT molecular complexity index is 415. The van der Waals surface area contributed by atoms with Crippen LogP contribution in [0.1, 0.15) is 24.8 Å². The van der Waals surface area contributed by atoms with Crippen LogP contribution in [-0.4, -0.2) is 30.2 Å². The fourth-order valence-electron chi connectivity index (χ4n) is 1.93. The van der Waals surface area contributed by atoms with Gasteiger partial charge in [-0.15, -0.1) is 0 Å². The van der Waals surface area contributed by atoms with Crippen molar-refractivity contribution in [1.82, 2.24) is 4.98 Å². The van der Waals surface area contributed by atoms with E-state index in [-0.39, 0.29) is 0 Å². The highest BCUT2D eigenvalue weighted by Gasteiger charge is 2.41. The van der Waals surface area contributed by atoms with E-state index in [4.69, 9.17) is 22.7 Å². The summed E-state index contributed by atoms with van der Waals surface area (Å²) in [5.41, 5.74) is 6.75. The van der Waals surface area contributed by atoms with E-state index in [0.29, 0.717) is 10.4 Å². The van der Waals surface area contributed by atoms with E-state index in [1.54, 1.807) is 13.3 Å². The first-order valence-electron chi connectivity index (χ1n) is 6.14. The number of rotatable bonds is 7. The number of nitrogens with zero attached hydrogens (tertiary/aromatic N) is 1. The number of aromatic nitrogens is 1. The van der Waals surface area contributed by atoms with Crippen molar-refractivity contribution in [2.75, 3.05) is 25.6 Å². The van der Waals surface area contributed by atoms with Gasteiger partial charge in [-0.2, -0.15) is 0 Å². The predicted molar refractivity (Wildman–Crippen MR) is 76.8 cm³/mol. The van der Waals surface area contributed by atoms with Crippen molar-refractivity contribution in [2.24, 2.45) is 11.1 Å². The maximum Gasteiger partial charge on any atom is 0.125 e. The molecule has 0 aliphatic heterocycles. The van der Waals surface area contributed by atoms with Crippen molar-refractivity contribution in [3.8, 4) is 0 Å². The molecule has 1 aromatic heterocycles. The van der Waals surface area contributed by atoms with Gasteiger partial charge in [-0.3, -0.25) is 0 Å². The lowest BCUT2D eigenvalue weighted by Gasteiger charge is -2.15. The van der Waals surface area contributed by atoms with Crippen LogP contribution in [0.25, 0.3) is 0 Å². The zero-order valence-corrected chi connectivity index (χ0v) is 11.4. The van der Waals surface area contributed by atoms with Crippen molar-refractivity contribution in [2.45, 2.75) is 19.3 Å². The minimum Gasteiger partial charge on any atom is -0.389 e. The van der Waals surface area contributed by atoms with Crippen LogP contribution in [0.3, 0.4) is 0 Å². The van der Waals surface area contributed by atoms with Crippen molar-refractivity contribution in [3.05, 3.63) is 23.9 Å². The molecule has 98 valence electrons. The molecule has 0 radical (unpaired) electrons. The number of nitrogens with one attached hydrogen (secondary N) is 1. The SMILES string of the molecule is COCCC1(CNc2ccc(C(N)=S)cn2)CC1. The second-order valence-electron chi connectivity index (χ2n) is 4.89. The number of ether oxygens (including phenoxy) is 1. The lowest BCUT2D eigenvalue weighted by Crippen LogP contribution is -2.18. The smallest absolute Gasteiger partial charge is 0.125 e. The van der Waals surface area contributed by atoms with Gasteiger partial charge in [-0.1, -0.05) is 12.2 Å². The third-order valence-corrected chi connectivity index (χ3v) is 3.72. The summed E-state index contributed by atoms with van der Waals surface area (Å²) in [5, 5.41) is 3.37. The Morgan fingerprint density at radius 3 is 2.83 bits per heavy atom. The molecule has 2 rings (SSSR count). The van der Waals surface area contributed by atoms with E-state index in [1.807, 2.05) is 12.1 Å². The van der Waals surface area contributed by atoms with Crippen LogP contribution in [0.5, 0.6) is 0 Å². The molecular formula is C13H19N3OS. The van der Waals surface area contributed by atoms with Crippen LogP contribution in [-0.2, 0) is 4.74 Å². The molecule has 1 fully saturated rings. The summed E-state index contributed by atoms with van der Waals surface area (Å²) in [6.45, 7) is 1.78. The van der Waals surface area contributed by atoms with Crippen LogP contribution in [0.4, 0.5) is 5.82 Å². The maximum absolute atomic E-state index is 5.53. The molecule has 1 heterocycles. The van der Waals surface area contributed by atoms with Gasteiger partial charge in [0.05, 0.1) is 0 Å². The van der Waals surface area contributed by atoms with Crippen LogP contribution < -0.4 is 11.1 Å². The molecular weight excluding hydrogens is 246 g/mol. The van der Waals surface area contributed by atoms with Crippen molar-refractivity contribution >= 4 is 23.0 Å². The Balaban J connectivity index is 1.85. The van der Waals surface area contributed by atoms with Crippen LogP contribution >= 0.6 is 12.2 Å². The lowest BCUT2D eigenvalue weighted by atomic mass is 10.0. The van der Waals surface area contributed by atoms with E-state index in [9.17, 15) is 0 Å². The monoisotopic (exact) mass is 265 g/mol. The summed E-state index contributed by atoms with van der Waals surface area (Å²) >= 11 is 4.89. The van der Waals surface area contributed by atoms with Crippen LogP contribution in [0.2, 0.25) is 0 Å². The number of methoxy groups -OCH3 is 1. The Kier molecular flexibility index (Phi) is 4.14. The van der Waals surface area contributed by atoms with E-state index in [0.717, 1.165) is 31.0 Å². The second kappa shape index (κ2) is 5.63. The molecule has 4 nitrogen and oxygen atoms in total. The van der Waals surface area contributed by atoms with Gasteiger partial charge in [0.1, 0.15) is 10.8 Å². The van der Waals surface area contributed by atoms with Crippen molar-refractivity contribution < 1.29 is 4.74 Å². The molecule has 18 heavy (non-hydrogen) atoms. The van der Waals surface area contributed by atoms with Gasteiger partial charge < -0.3 is 15.8 Å². The maximum atomic E-state index is 5.53. The molecule has 1 aromatic rings. The highest BCUT2D eigenvalue weighted by Crippen LogP contribution is 2.48. The quantitative estimate of drug-likeness (QED) is 0.738. The predicted octanol–water partition coefficient (Wildman–Crippen LogP) is 1.94. The third-order valence-electron chi connectivity index (χ3n) is 3.49. The standard InChI is InChI=1S/C13H19N3OS/c1-17-7-6-13(4-5-13)9-16-11-3-2-10(8-15-11)12(14)18/h2-3,8H,4-7,9H2,1H3,(H2,14,18)(H,15,16). The van der Waals surface area contributed by atoms with E-state index < -0.39 is 0 Å². The average molecular weight is 265 g/mol. The number of pyridine rings is 1. The molecule has 1 aliphatic rings. The lowest BCUT2D eigenvalue weighted by molar-refractivity contribution is 0.175. The first-order chi connectivity index (χ1) is 8.65. The zero-order chi connectivity index (χ0) is 13.0. The highest BCUT2D eigenvalue weighted by atomic mass is 32.1. The Labute approximate surface area is 113 Å². The van der Waals surface area contributed by atoms with Gasteiger partial charge in [-0.05, 0) is 36.8 Å². The highest BCUT2D eigenvalue weighted by molar-refractivity contribution is 7.80. The molecule has 3 N–H and O–H groups in total. The molecule has 0 amide bonds. The molecule has 0 spiro atoms. The minimum atomic E-state index is 0.382. The third kappa shape index (κ3) is 3.40. The fourth-order valence-corrected chi connectivity index (χ4v) is 2.05. The van der Waals surface area contributed by atoms with E-state index in [2.05, 4.69) is 10.3 Å². The van der Waals surface area contributed by atoms with Gasteiger partial charge in [-0.25, -0.2) is 4.98 Å². The van der Waals surface area contributed by atoms with Gasteiger partial charge in [0, 0.05) is 32.0 Å². The van der Waals surface area contributed by atoms with Gasteiger partial charge in [0.2, 0.25) is 0 Å². The summed E-state index contributed by atoms with van der Waals surface area (Å²) in [6.07, 6.45) is 5.36. The Morgan fingerprint density at radius 2 is 2.33 bits per heavy atom. The molecule has 1 saturated carbocycles. The van der Waals surface area contributed by atoms with Crippen molar-refractivity contribution in [1.29, 1.82) is 0 Å². The molecule has 0 bridgehead atoms. The van der Waals surface area contributed by atoms with E-state index in [1.165, 1.54) is 12.8 Å². The Morgan fingerprint density at radius 1 is 1.56 bits per heavy atom. The largest absolute Gasteiger partial charge is 0.389 e. The normalized spacial score (nSPS) is 16.3. The van der Waals surface area contributed by atoms with Crippen molar-refractivity contribution in [3.63, 3.8) is 0 Å². The van der Waals surface area contributed by atoms with Gasteiger partial charge in [0.25, 0.3) is 0 Å². The van der Waals surface area contributed by atoms with Crippen LogP contribution in [0, 0.1) is 5.41 Å². The van der Waals surface area contributed by atoms with Gasteiger partial charge in [0.15, 0.2) is 0 Å². The summed E-state index contributed by atoms with van der Waals surface area (Å²) in [7, 11) is 1.75. The molecule has 0 unspecified atom stereocenters.